The topological polar surface area (TPSA) is 55.0 Å². The summed E-state index contributed by atoms with van der Waals surface area (Å²) in [6.45, 7) is 3.31. The molecule has 0 spiro atoms. The van der Waals surface area contributed by atoms with Crippen molar-refractivity contribution in [3.63, 3.8) is 0 Å². The van der Waals surface area contributed by atoms with Gasteiger partial charge in [-0.2, -0.15) is 5.10 Å². The van der Waals surface area contributed by atoms with Crippen molar-refractivity contribution in [3.8, 4) is 0 Å². The normalized spacial score (nSPS) is 10.6. The van der Waals surface area contributed by atoms with Crippen LogP contribution in [0.4, 0.5) is 5.82 Å². The highest BCUT2D eigenvalue weighted by Gasteiger charge is 2.09. The molecule has 0 atom stereocenters. The first kappa shape index (κ1) is 16.7. The molecule has 0 bridgehead atoms. The number of hydrogen-bond acceptors (Lipinski definition) is 3. The largest absolute Gasteiger partial charge is 0.467 e. The number of nitrogens with zero attached hydrogens (tertiary/aromatic N) is 2. The summed E-state index contributed by atoms with van der Waals surface area (Å²) >= 11 is 8.80. The van der Waals surface area contributed by atoms with E-state index in [2.05, 4.69) is 62.9 Å². The van der Waals surface area contributed by atoms with Gasteiger partial charge in [0.05, 0.1) is 23.8 Å². The van der Waals surface area contributed by atoms with Crippen molar-refractivity contribution >= 4 is 39.1 Å². The third-order valence-corrected chi connectivity index (χ3v) is 4.24. The summed E-state index contributed by atoms with van der Waals surface area (Å²) in [5.41, 5.74) is 2.44. The lowest BCUT2D eigenvalue weighted by molar-refractivity contribution is 0.503. The molecular weight excluding hydrogens is 388 g/mol. The van der Waals surface area contributed by atoms with Gasteiger partial charge in [0, 0.05) is 6.20 Å². The molecule has 2 heterocycles. The Morgan fingerprint density at radius 1 is 1.29 bits per heavy atom. The Hall–Kier alpha value is -2.12. The molecule has 3 aromatic rings. The monoisotopic (exact) mass is 404 g/mol. The number of anilines is 1. The highest BCUT2D eigenvalue weighted by Crippen LogP contribution is 2.20. The summed E-state index contributed by atoms with van der Waals surface area (Å²) in [4.78, 5) is 0. The van der Waals surface area contributed by atoms with Gasteiger partial charge in [0.15, 0.2) is 10.9 Å². The van der Waals surface area contributed by atoms with Gasteiger partial charge in [0.2, 0.25) is 0 Å². The van der Waals surface area contributed by atoms with Crippen LogP contribution in [0.25, 0.3) is 0 Å². The summed E-state index contributed by atoms with van der Waals surface area (Å²) < 4.78 is 7.98. The molecule has 0 amide bonds. The van der Waals surface area contributed by atoms with Crippen LogP contribution in [-0.2, 0) is 13.1 Å². The average Bonchev–Trinajstić information content (AvgIpc) is 3.18. The molecule has 0 aliphatic heterocycles. The van der Waals surface area contributed by atoms with Crippen LogP contribution in [0, 0.1) is 6.92 Å². The Morgan fingerprint density at radius 2 is 2.08 bits per heavy atom. The van der Waals surface area contributed by atoms with E-state index in [9.17, 15) is 0 Å². The molecule has 5 nitrogen and oxygen atoms in total. The van der Waals surface area contributed by atoms with Crippen LogP contribution < -0.4 is 10.6 Å². The van der Waals surface area contributed by atoms with E-state index in [1.807, 2.05) is 23.0 Å². The minimum Gasteiger partial charge on any atom is -0.467 e. The number of rotatable bonds is 5. The van der Waals surface area contributed by atoms with E-state index in [1.54, 1.807) is 6.26 Å². The molecular formula is C17H17BrN4OS. The number of benzene rings is 1. The van der Waals surface area contributed by atoms with Crippen LogP contribution in [0.15, 0.2) is 57.7 Å². The Balaban J connectivity index is 1.59. The Kier molecular flexibility index (Phi) is 5.32. The second-order valence-corrected chi connectivity index (χ2v) is 6.66. The van der Waals surface area contributed by atoms with Crippen LogP contribution in [0.1, 0.15) is 16.9 Å². The zero-order valence-corrected chi connectivity index (χ0v) is 15.5. The molecule has 3 rings (SSSR count). The van der Waals surface area contributed by atoms with Crippen molar-refractivity contribution in [1.29, 1.82) is 0 Å². The molecule has 0 radical (unpaired) electrons. The minimum absolute atomic E-state index is 0.493. The first-order valence-electron chi connectivity index (χ1n) is 7.46. The van der Waals surface area contributed by atoms with Gasteiger partial charge >= 0.3 is 0 Å². The molecule has 124 valence electrons. The molecule has 0 fully saturated rings. The predicted octanol–water partition coefficient (Wildman–Crippen LogP) is 4.08. The first-order valence-corrected chi connectivity index (χ1v) is 8.66. The highest BCUT2D eigenvalue weighted by atomic mass is 79.9. The lowest BCUT2D eigenvalue weighted by atomic mass is 10.1. The Labute approximate surface area is 154 Å². The second-order valence-electron chi connectivity index (χ2n) is 5.40. The van der Waals surface area contributed by atoms with Gasteiger partial charge in [0.25, 0.3) is 0 Å². The molecule has 0 saturated heterocycles. The maximum absolute atomic E-state index is 5.29. The summed E-state index contributed by atoms with van der Waals surface area (Å²) in [6.07, 6.45) is 3.56. The zero-order chi connectivity index (χ0) is 16.9. The first-order chi connectivity index (χ1) is 11.6. The number of thiocarbonyl (C=S) groups is 1. The molecule has 24 heavy (non-hydrogen) atoms. The third-order valence-electron chi connectivity index (χ3n) is 3.42. The third kappa shape index (κ3) is 4.46. The number of nitrogens with one attached hydrogen (secondary N) is 2. The Morgan fingerprint density at radius 3 is 2.79 bits per heavy atom. The maximum Gasteiger partial charge on any atom is 0.172 e. The number of hydrogen-bond donors (Lipinski definition) is 2. The van der Waals surface area contributed by atoms with Crippen molar-refractivity contribution in [2.24, 2.45) is 0 Å². The lowest BCUT2D eigenvalue weighted by Gasteiger charge is -2.07. The van der Waals surface area contributed by atoms with E-state index in [0.29, 0.717) is 24.0 Å². The van der Waals surface area contributed by atoms with Crippen molar-refractivity contribution in [2.45, 2.75) is 20.0 Å². The standard InChI is InChI=1S/C17H17BrN4OS/c1-12-4-6-13(7-5-12)10-22-11-15(18)16(21-22)20-17(24)19-9-14-3-2-8-23-14/h2-8,11H,9-10H2,1H3,(H2,19,20,21,24). The van der Waals surface area contributed by atoms with Crippen molar-refractivity contribution in [1.82, 2.24) is 15.1 Å². The van der Waals surface area contributed by atoms with Crippen LogP contribution in [-0.4, -0.2) is 14.9 Å². The number of furan rings is 1. The van der Waals surface area contributed by atoms with E-state index in [4.69, 9.17) is 16.6 Å². The van der Waals surface area contributed by atoms with E-state index in [1.165, 1.54) is 11.1 Å². The van der Waals surface area contributed by atoms with Crippen molar-refractivity contribution in [2.75, 3.05) is 5.32 Å². The lowest BCUT2D eigenvalue weighted by Crippen LogP contribution is -2.28. The molecule has 2 aromatic heterocycles. The van der Waals surface area contributed by atoms with Gasteiger partial charge in [-0.25, -0.2) is 0 Å². The van der Waals surface area contributed by atoms with Crippen molar-refractivity contribution < 1.29 is 4.42 Å². The molecule has 0 unspecified atom stereocenters. The van der Waals surface area contributed by atoms with E-state index in [-0.39, 0.29) is 0 Å². The SMILES string of the molecule is Cc1ccc(Cn2cc(Br)c(NC(=S)NCc3ccco3)n2)cc1. The van der Waals surface area contributed by atoms with Gasteiger partial charge in [-0.15, -0.1) is 0 Å². The summed E-state index contributed by atoms with van der Waals surface area (Å²) in [6, 6.07) is 12.1. The van der Waals surface area contributed by atoms with Crippen LogP contribution >= 0.6 is 28.1 Å². The second kappa shape index (κ2) is 7.63. The highest BCUT2D eigenvalue weighted by molar-refractivity contribution is 9.10. The van der Waals surface area contributed by atoms with Gasteiger partial charge in [-0.05, 0) is 52.8 Å². The number of aromatic nitrogens is 2. The van der Waals surface area contributed by atoms with Crippen LogP contribution in [0.3, 0.4) is 0 Å². The van der Waals surface area contributed by atoms with E-state index < -0.39 is 0 Å². The summed E-state index contributed by atoms with van der Waals surface area (Å²) in [7, 11) is 0. The van der Waals surface area contributed by atoms with Gasteiger partial charge < -0.3 is 15.1 Å². The van der Waals surface area contributed by atoms with Crippen LogP contribution in [0.5, 0.6) is 0 Å². The number of halogens is 1. The predicted molar refractivity (Wildman–Crippen MR) is 102 cm³/mol. The molecule has 2 N–H and O–H groups in total. The average molecular weight is 405 g/mol. The van der Waals surface area contributed by atoms with Crippen molar-refractivity contribution in [3.05, 3.63) is 70.2 Å². The van der Waals surface area contributed by atoms with E-state index >= 15 is 0 Å². The fourth-order valence-corrected chi connectivity index (χ4v) is 2.76. The molecule has 0 aliphatic carbocycles. The molecule has 0 saturated carbocycles. The summed E-state index contributed by atoms with van der Waals surface area (Å²) in [5, 5.41) is 11.2. The number of aryl methyl sites for hydroxylation is 1. The molecule has 1 aromatic carbocycles. The zero-order valence-electron chi connectivity index (χ0n) is 13.1. The molecule has 0 aliphatic rings. The van der Waals surface area contributed by atoms with E-state index in [0.717, 1.165) is 10.2 Å². The molecule has 7 heteroatoms. The van der Waals surface area contributed by atoms with Gasteiger partial charge in [-0.1, -0.05) is 29.8 Å². The quantitative estimate of drug-likeness (QED) is 0.627. The fraction of sp³-hybridized carbons (Fsp3) is 0.176. The fourth-order valence-electron chi connectivity index (χ4n) is 2.18. The Bertz CT molecular complexity index is 812. The summed E-state index contributed by atoms with van der Waals surface area (Å²) in [5.74, 6) is 1.50. The van der Waals surface area contributed by atoms with Gasteiger partial charge in [0.1, 0.15) is 5.76 Å². The van der Waals surface area contributed by atoms with Crippen LogP contribution in [0.2, 0.25) is 0 Å². The smallest absolute Gasteiger partial charge is 0.172 e. The maximum atomic E-state index is 5.29. The minimum atomic E-state index is 0.493. The van der Waals surface area contributed by atoms with Gasteiger partial charge in [-0.3, -0.25) is 4.68 Å².